The van der Waals surface area contributed by atoms with E-state index in [0.29, 0.717) is 27.2 Å². The molecule has 156 valence electrons. The Morgan fingerprint density at radius 1 is 1.20 bits per heavy atom. The van der Waals surface area contributed by atoms with Crippen molar-refractivity contribution in [3.8, 4) is 17.6 Å². The highest BCUT2D eigenvalue weighted by Crippen LogP contribution is 2.37. The predicted octanol–water partition coefficient (Wildman–Crippen LogP) is 4.17. The molecule has 0 radical (unpaired) electrons. The zero-order valence-corrected chi connectivity index (χ0v) is 18.6. The van der Waals surface area contributed by atoms with Gasteiger partial charge in [-0.1, -0.05) is 17.7 Å². The monoisotopic (exact) mass is 472 g/mol. The second kappa shape index (κ2) is 10.5. The van der Waals surface area contributed by atoms with Crippen LogP contribution < -0.4 is 14.8 Å². The number of ether oxygens (including phenoxy) is 3. The van der Waals surface area contributed by atoms with Gasteiger partial charge in [-0.05, 0) is 65.2 Å². The van der Waals surface area contributed by atoms with Crippen LogP contribution in [0.1, 0.15) is 16.7 Å². The Kier molecular flexibility index (Phi) is 8.01. The lowest BCUT2D eigenvalue weighted by Crippen LogP contribution is -2.14. The topological polar surface area (TPSA) is 97.7 Å². The van der Waals surface area contributed by atoms with Crippen LogP contribution in [0.3, 0.4) is 0 Å². The first kappa shape index (κ1) is 23.0. The van der Waals surface area contributed by atoms with Crippen LogP contribution in [0.25, 0.3) is 6.08 Å². The number of anilines is 1. The summed E-state index contributed by atoms with van der Waals surface area (Å²) < 4.78 is 15.8. The summed E-state index contributed by atoms with van der Waals surface area (Å²) >= 11 is 3.36. The molecule has 0 aliphatic heterocycles. The van der Waals surface area contributed by atoms with Crippen molar-refractivity contribution in [2.24, 2.45) is 0 Å². The van der Waals surface area contributed by atoms with Gasteiger partial charge in [0.1, 0.15) is 11.6 Å². The SMILES string of the molecule is COC(=O)COc1c(Br)cc(/C=C(\C#N)C(=O)Nc2ccc(C)cc2C)cc1OC. The number of hydrogen-bond donors (Lipinski definition) is 1. The van der Waals surface area contributed by atoms with Crippen LogP contribution in [-0.4, -0.2) is 32.7 Å². The normalized spacial score (nSPS) is 10.7. The van der Waals surface area contributed by atoms with Crippen molar-refractivity contribution in [2.45, 2.75) is 13.8 Å². The molecule has 0 heterocycles. The Bertz CT molecular complexity index is 1040. The number of halogens is 1. The number of carbonyl (C=O) groups is 2. The summed E-state index contributed by atoms with van der Waals surface area (Å²) in [5.74, 6) is -0.432. The van der Waals surface area contributed by atoms with Gasteiger partial charge >= 0.3 is 5.97 Å². The third-order valence-corrected chi connectivity index (χ3v) is 4.71. The number of aryl methyl sites for hydroxylation is 2. The molecule has 0 saturated carbocycles. The van der Waals surface area contributed by atoms with Crippen molar-refractivity contribution in [1.29, 1.82) is 5.26 Å². The lowest BCUT2D eigenvalue weighted by molar-refractivity contribution is -0.142. The molecule has 0 atom stereocenters. The maximum atomic E-state index is 12.6. The van der Waals surface area contributed by atoms with Gasteiger partial charge in [0.05, 0.1) is 18.7 Å². The highest BCUT2D eigenvalue weighted by molar-refractivity contribution is 9.10. The zero-order chi connectivity index (χ0) is 22.3. The van der Waals surface area contributed by atoms with Crippen molar-refractivity contribution < 1.29 is 23.8 Å². The molecule has 0 unspecified atom stereocenters. The van der Waals surface area contributed by atoms with Gasteiger partial charge in [0, 0.05) is 5.69 Å². The third-order valence-electron chi connectivity index (χ3n) is 4.12. The fourth-order valence-corrected chi connectivity index (χ4v) is 3.19. The van der Waals surface area contributed by atoms with E-state index in [1.54, 1.807) is 18.2 Å². The van der Waals surface area contributed by atoms with Crippen LogP contribution in [-0.2, 0) is 14.3 Å². The number of amides is 1. The second-order valence-corrected chi connectivity index (χ2v) is 7.20. The van der Waals surface area contributed by atoms with Gasteiger partial charge in [-0.25, -0.2) is 4.79 Å². The number of benzene rings is 2. The Morgan fingerprint density at radius 2 is 1.93 bits per heavy atom. The highest BCUT2D eigenvalue weighted by atomic mass is 79.9. The largest absolute Gasteiger partial charge is 0.493 e. The molecular formula is C22H21BrN2O5. The number of carbonyl (C=O) groups excluding carboxylic acids is 2. The van der Waals surface area contributed by atoms with Crippen molar-refractivity contribution in [3.63, 3.8) is 0 Å². The number of nitriles is 1. The van der Waals surface area contributed by atoms with Crippen molar-refractivity contribution in [2.75, 3.05) is 26.1 Å². The molecule has 0 saturated heterocycles. The Balaban J connectivity index is 2.30. The maximum Gasteiger partial charge on any atom is 0.343 e. The van der Waals surface area contributed by atoms with Gasteiger partial charge in [-0.2, -0.15) is 5.26 Å². The highest BCUT2D eigenvalue weighted by Gasteiger charge is 2.15. The van der Waals surface area contributed by atoms with Crippen molar-refractivity contribution >= 4 is 39.6 Å². The lowest BCUT2D eigenvalue weighted by Gasteiger charge is -2.13. The van der Waals surface area contributed by atoms with Gasteiger partial charge in [0.15, 0.2) is 18.1 Å². The van der Waals surface area contributed by atoms with E-state index in [4.69, 9.17) is 9.47 Å². The minimum absolute atomic E-state index is 0.0767. The summed E-state index contributed by atoms with van der Waals surface area (Å²) in [6, 6.07) is 10.8. The van der Waals surface area contributed by atoms with E-state index in [9.17, 15) is 14.9 Å². The molecule has 2 rings (SSSR count). The average Bonchev–Trinajstić information content (AvgIpc) is 2.72. The molecule has 0 aliphatic carbocycles. The minimum atomic E-state index is -0.539. The molecule has 8 heteroatoms. The number of esters is 1. The van der Waals surface area contributed by atoms with E-state index in [-0.39, 0.29) is 12.2 Å². The van der Waals surface area contributed by atoms with Gasteiger partial charge < -0.3 is 19.5 Å². The number of nitrogens with zero attached hydrogens (tertiary/aromatic N) is 1. The molecule has 0 spiro atoms. The van der Waals surface area contributed by atoms with E-state index in [1.165, 1.54) is 20.3 Å². The van der Waals surface area contributed by atoms with E-state index >= 15 is 0 Å². The van der Waals surface area contributed by atoms with E-state index in [1.807, 2.05) is 32.0 Å². The first-order valence-electron chi connectivity index (χ1n) is 8.86. The summed E-state index contributed by atoms with van der Waals surface area (Å²) in [6.07, 6.45) is 1.44. The zero-order valence-electron chi connectivity index (χ0n) is 17.0. The standard InChI is InChI=1S/C22H21BrN2O5/c1-13-5-6-18(14(2)7-13)25-22(27)16(11-24)8-15-9-17(23)21(19(10-15)28-3)30-12-20(26)29-4/h5-10H,12H2,1-4H3,(H,25,27)/b16-8+. The summed E-state index contributed by atoms with van der Waals surface area (Å²) in [5, 5.41) is 12.2. The van der Waals surface area contributed by atoms with Crippen molar-refractivity contribution in [3.05, 3.63) is 57.1 Å². The van der Waals surface area contributed by atoms with E-state index < -0.39 is 11.9 Å². The minimum Gasteiger partial charge on any atom is -0.493 e. The molecule has 0 fully saturated rings. The Morgan fingerprint density at radius 3 is 2.53 bits per heavy atom. The van der Waals surface area contributed by atoms with Crippen molar-refractivity contribution in [1.82, 2.24) is 0 Å². The Hall–Kier alpha value is -3.31. The molecule has 0 aromatic heterocycles. The summed E-state index contributed by atoms with van der Waals surface area (Å²) in [7, 11) is 2.71. The molecule has 2 aromatic carbocycles. The fourth-order valence-electron chi connectivity index (χ4n) is 2.61. The van der Waals surface area contributed by atoms with Crippen LogP contribution in [0.5, 0.6) is 11.5 Å². The van der Waals surface area contributed by atoms with Crippen LogP contribution in [0.15, 0.2) is 40.4 Å². The molecule has 2 aromatic rings. The smallest absolute Gasteiger partial charge is 0.343 e. The van der Waals surface area contributed by atoms with Gasteiger partial charge in [-0.3, -0.25) is 4.79 Å². The maximum absolute atomic E-state index is 12.6. The van der Waals surface area contributed by atoms with Crippen LogP contribution in [0.2, 0.25) is 0 Å². The number of hydrogen-bond acceptors (Lipinski definition) is 6. The summed E-state index contributed by atoms with van der Waals surface area (Å²) in [5.41, 5.74) is 3.07. The molecule has 0 bridgehead atoms. The molecule has 7 nitrogen and oxygen atoms in total. The van der Waals surface area contributed by atoms with Gasteiger partial charge in [-0.15, -0.1) is 0 Å². The van der Waals surface area contributed by atoms with Crippen LogP contribution >= 0.6 is 15.9 Å². The summed E-state index contributed by atoms with van der Waals surface area (Å²) in [6.45, 7) is 3.55. The van der Waals surface area contributed by atoms with Gasteiger partial charge in [0.25, 0.3) is 5.91 Å². The van der Waals surface area contributed by atoms with Crippen LogP contribution in [0, 0.1) is 25.2 Å². The van der Waals surface area contributed by atoms with E-state index in [0.717, 1.165) is 11.1 Å². The number of rotatable bonds is 7. The molecule has 1 amide bonds. The van der Waals surface area contributed by atoms with E-state index in [2.05, 4.69) is 26.0 Å². The molecule has 30 heavy (non-hydrogen) atoms. The molecule has 1 N–H and O–H groups in total. The number of nitrogens with one attached hydrogen (secondary N) is 1. The lowest BCUT2D eigenvalue weighted by atomic mass is 10.1. The quantitative estimate of drug-likeness (QED) is 0.368. The first-order chi connectivity index (χ1) is 14.3. The second-order valence-electron chi connectivity index (χ2n) is 6.34. The molecular weight excluding hydrogens is 452 g/mol. The third kappa shape index (κ3) is 5.84. The van der Waals surface area contributed by atoms with Crippen LogP contribution in [0.4, 0.5) is 5.69 Å². The average molecular weight is 473 g/mol. The molecule has 0 aliphatic rings. The fraction of sp³-hybridized carbons (Fsp3) is 0.227. The van der Waals surface area contributed by atoms with Gasteiger partial charge in [0.2, 0.25) is 0 Å². The predicted molar refractivity (Wildman–Crippen MR) is 116 cm³/mol. The first-order valence-corrected chi connectivity index (χ1v) is 9.66. The summed E-state index contributed by atoms with van der Waals surface area (Å²) in [4.78, 5) is 23.9. The number of methoxy groups -OCH3 is 2. The Labute approximate surface area is 183 Å².